The first kappa shape index (κ1) is 23.5. The zero-order valence-electron chi connectivity index (χ0n) is 18.3. The topological polar surface area (TPSA) is 97.0 Å². The van der Waals surface area contributed by atoms with Gasteiger partial charge in [0, 0.05) is 19.6 Å². The van der Waals surface area contributed by atoms with Crippen LogP contribution < -0.4 is 15.4 Å². The van der Waals surface area contributed by atoms with Gasteiger partial charge in [0.05, 0.1) is 6.54 Å². The lowest BCUT2D eigenvalue weighted by atomic mass is 9.97. The average molecular weight is 420 g/mol. The number of rotatable bonds is 7. The zero-order valence-corrected chi connectivity index (χ0v) is 18.3. The fraction of sp³-hybridized carbons (Fsp3) is 0.591. The molecule has 2 rings (SSSR count). The van der Waals surface area contributed by atoms with Crippen molar-refractivity contribution in [1.29, 1.82) is 0 Å². The lowest BCUT2D eigenvalue weighted by Gasteiger charge is -2.32. The molecule has 1 saturated heterocycles. The fourth-order valence-corrected chi connectivity index (χ4v) is 3.04. The second-order valence-corrected chi connectivity index (χ2v) is 8.59. The maximum atomic E-state index is 12.3. The highest BCUT2D eigenvalue weighted by atomic mass is 16.6. The molecule has 1 aromatic carbocycles. The Morgan fingerprint density at radius 2 is 1.70 bits per heavy atom. The van der Waals surface area contributed by atoms with Crippen molar-refractivity contribution >= 4 is 17.9 Å². The molecule has 1 fully saturated rings. The summed E-state index contributed by atoms with van der Waals surface area (Å²) in [7, 11) is 0. The van der Waals surface area contributed by atoms with Crippen LogP contribution >= 0.6 is 0 Å². The number of aryl methyl sites for hydroxylation is 1. The van der Waals surface area contributed by atoms with Crippen molar-refractivity contribution in [3.8, 4) is 5.75 Å². The van der Waals surface area contributed by atoms with Gasteiger partial charge in [0.1, 0.15) is 11.4 Å². The van der Waals surface area contributed by atoms with E-state index in [9.17, 15) is 14.4 Å². The van der Waals surface area contributed by atoms with Crippen LogP contribution in [-0.2, 0) is 14.3 Å². The number of carbonyl (C=O) groups excluding carboxylic acids is 3. The van der Waals surface area contributed by atoms with Crippen LogP contribution in [0.5, 0.6) is 5.75 Å². The van der Waals surface area contributed by atoms with Crippen molar-refractivity contribution in [1.82, 2.24) is 15.5 Å². The highest BCUT2D eigenvalue weighted by Gasteiger charge is 2.23. The molecule has 1 aromatic rings. The predicted octanol–water partition coefficient (Wildman–Crippen LogP) is 2.25. The van der Waals surface area contributed by atoms with E-state index in [0.717, 1.165) is 18.4 Å². The average Bonchev–Trinajstić information content (AvgIpc) is 2.69. The Morgan fingerprint density at radius 1 is 1.07 bits per heavy atom. The number of hydrogen-bond acceptors (Lipinski definition) is 5. The van der Waals surface area contributed by atoms with Gasteiger partial charge in [-0.3, -0.25) is 9.59 Å². The monoisotopic (exact) mass is 419 g/mol. The van der Waals surface area contributed by atoms with Crippen LogP contribution in [0.2, 0.25) is 0 Å². The second-order valence-electron chi connectivity index (χ2n) is 8.59. The van der Waals surface area contributed by atoms with E-state index >= 15 is 0 Å². The molecule has 0 radical (unpaired) electrons. The van der Waals surface area contributed by atoms with Gasteiger partial charge in [-0.15, -0.1) is 0 Å². The minimum atomic E-state index is -0.614. The molecular weight excluding hydrogens is 386 g/mol. The number of hydrogen-bond donors (Lipinski definition) is 2. The first-order chi connectivity index (χ1) is 14.1. The number of ether oxygens (including phenoxy) is 2. The molecule has 1 aliphatic heterocycles. The number of alkyl carbamates (subject to hydrolysis) is 1. The summed E-state index contributed by atoms with van der Waals surface area (Å²) in [4.78, 5) is 37.6. The van der Waals surface area contributed by atoms with Gasteiger partial charge in [0.15, 0.2) is 6.61 Å². The summed E-state index contributed by atoms with van der Waals surface area (Å²) in [6.07, 6.45) is 1.02. The molecule has 1 heterocycles. The summed E-state index contributed by atoms with van der Waals surface area (Å²) < 4.78 is 10.7. The van der Waals surface area contributed by atoms with Gasteiger partial charge >= 0.3 is 6.09 Å². The van der Waals surface area contributed by atoms with Gasteiger partial charge in [-0.05, 0) is 58.6 Å². The highest BCUT2D eigenvalue weighted by molar-refractivity contribution is 5.82. The Labute approximate surface area is 178 Å². The van der Waals surface area contributed by atoms with Crippen LogP contribution in [0.4, 0.5) is 4.79 Å². The van der Waals surface area contributed by atoms with Gasteiger partial charge < -0.3 is 25.0 Å². The van der Waals surface area contributed by atoms with Crippen molar-refractivity contribution in [2.24, 2.45) is 5.92 Å². The molecule has 0 bridgehead atoms. The molecule has 30 heavy (non-hydrogen) atoms. The van der Waals surface area contributed by atoms with E-state index < -0.39 is 11.7 Å². The minimum absolute atomic E-state index is 0.0281. The Hall–Kier alpha value is -2.77. The number of piperidine rings is 1. The molecule has 0 unspecified atom stereocenters. The summed E-state index contributed by atoms with van der Waals surface area (Å²) in [5.74, 6) is 0.703. The number of nitrogens with zero attached hydrogens (tertiary/aromatic N) is 1. The maximum Gasteiger partial charge on any atom is 0.408 e. The summed E-state index contributed by atoms with van der Waals surface area (Å²) in [6, 6.07) is 7.61. The number of carbonyl (C=O) groups is 3. The summed E-state index contributed by atoms with van der Waals surface area (Å²) in [5.41, 5.74) is 0.542. The van der Waals surface area contributed by atoms with Crippen LogP contribution in [0.25, 0.3) is 0 Å². The molecule has 8 nitrogen and oxygen atoms in total. The van der Waals surface area contributed by atoms with E-state index in [0.29, 0.717) is 31.3 Å². The molecule has 0 aromatic heterocycles. The smallest absolute Gasteiger partial charge is 0.408 e. The first-order valence-electron chi connectivity index (χ1n) is 10.3. The molecule has 3 amide bonds. The van der Waals surface area contributed by atoms with Gasteiger partial charge in [-0.2, -0.15) is 0 Å². The molecule has 2 N–H and O–H groups in total. The molecule has 0 aliphatic carbocycles. The van der Waals surface area contributed by atoms with E-state index in [2.05, 4.69) is 10.6 Å². The van der Waals surface area contributed by atoms with E-state index in [4.69, 9.17) is 9.47 Å². The third-order valence-electron chi connectivity index (χ3n) is 4.73. The Bertz CT molecular complexity index is 719. The normalized spacial score (nSPS) is 14.7. The molecule has 1 aliphatic rings. The molecule has 8 heteroatoms. The van der Waals surface area contributed by atoms with E-state index in [1.54, 1.807) is 25.7 Å². The molecule has 0 spiro atoms. The molecule has 166 valence electrons. The number of nitrogens with one attached hydrogen (secondary N) is 2. The van der Waals surface area contributed by atoms with Gasteiger partial charge in [-0.1, -0.05) is 17.7 Å². The quantitative estimate of drug-likeness (QED) is 0.707. The van der Waals surface area contributed by atoms with E-state index in [-0.39, 0.29) is 25.0 Å². The number of amides is 3. The third kappa shape index (κ3) is 8.71. The van der Waals surface area contributed by atoms with Gasteiger partial charge in [0.25, 0.3) is 5.91 Å². The minimum Gasteiger partial charge on any atom is -0.484 e. The Morgan fingerprint density at radius 3 is 2.30 bits per heavy atom. The van der Waals surface area contributed by atoms with Crippen LogP contribution in [0.15, 0.2) is 24.3 Å². The van der Waals surface area contributed by atoms with E-state index in [1.807, 2.05) is 31.2 Å². The van der Waals surface area contributed by atoms with Crippen molar-refractivity contribution in [2.75, 3.05) is 32.8 Å². The van der Waals surface area contributed by atoms with Crippen LogP contribution in [0.3, 0.4) is 0 Å². The fourth-order valence-electron chi connectivity index (χ4n) is 3.04. The molecular formula is C22H33N3O5. The lowest BCUT2D eigenvalue weighted by Crippen LogP contribution is -2.45. The largest absolute Gasteiger partial charge is 0.484 e. The maximum absolute atomic E-state index is 12.3. The summed E-state index contributed by atoms with van der Waals surface area (Å²) >= 11 is 0. The lowest BCUT2D eigenvalue weighted by molar-refractivity contribution is -0.135. The van der Waals surface area contributed by atoms with Crippen molar-refractivity contribution < 1.29 is 23.9 Å². The van der Waals surface area contributed by atoms with Gasteiger partial charge in [0.2, 0.25) is 5.91 Å². The van der Waals surface area contributed by atoms with Crippen molar-refractivity contribution in [3.63, 3.8) is 0 Å². The van der Waals surface area contributed by atoms with Crippen LogP contribution in [0.1, 0.15) is 39.2 Å². The van der Waals surface area contributed by atoms with Gasteiger partial charge in [-0.25, -0.2) is 4.79 Å². The Kier molecular flexibility index (Phi) is 8.50. The standard InChI is InChI=1S/C22H33N3O5/c1-16-5-7-18(8-6-16)29-15-20(27)25-11-9-17(10-12-25)13-23-19(26)14-24-21(28)30-22(2,3)4/h5-8,17H,9-15H2,1-4H3,(H,23,26)(H,24,28). The van der Waals surface area contributed by atoms with E-state index in [1.165, 1.54) is 0 Å². The SMILES string of the molecule is Cc1ccc(OCC(=O)N2CCC(CNC(=O)CNC(=O)OC(C)(C)C)CC2)cc1. The van der Waals surface area contributed by atoms with Crippen molar-refractivity contribution in [3.05, 3.63) is 29.8 Å². The highest BCUT2D eigenvalue weighted by Crippen LogP contribution is 2.17. The molecule has 0 saturated carbocycles. The summed E-state index contributed by atoms with van der Waals surface area (Å²) in [6.45, 7) is 9.01. The number of benzene rings is 1. The third-order valence-corrected chi connectivity index (χ3v) is 4.73. The predicted molar refractivity (Wildman–Crippen MR) is 113 cm³/mol. The summed E-state index contributed by atoms with van der Waals surface area (Å²) in [5, 5.41) is 5.27. The van der Waals surface area contributed by atoms with Crippen LogP contribution in [0, 0.1) is 12.8 Å². The first-order valence-corrected chi connectivity index (χ1v) is 10.3. The molecule has 0 atom stereocenters. The second kappa shape index (κ2) is 10.8. The zero-order chi connectivity index (χ0) is 22.1. The van der Waals surface area contributed by atoms with Crippen molar-refractivity contribution in [2.45, 2.75) is 46.1 Å². The Balaban J connectivity index is 1.60. The number of likely N-dealkylation sites (tertiary alicyclic amines) is 1. The van der Waals surface area contributed by atoms with Crippen LogP contribution in [-0.4, -0.2) is 61.2 Å².